The zero-order valence-corrected chi connectivity index (χ0v) is 10.2. The van der Waals surface area contributed by atoms with Crippen LogP contribution < -0.4 is 0 Å². The van der Waals surface area contributed by atoms with Gasteiger partial charge in [-0.15, -0.1) is 0 Å². The lowest BCUT2D eigenvalue weighted by atomic mass is 10.0. The van der Waals surface area contributed by atoms with Gasteiger partial charge in [0, 0.05) is 11.8 Å². The van der Waals surface area contributed by atoms with Gasteiger partial charge in [-0.2, -0.15) is 0 Å². The van der Waals surface area contributed by atoms with E-state index in [4.69, 9.17) is 9.84 Å². The van der Waals surface area contributed by atoms with E-state index in [1.54, 1.807) is 30.3 Å². The van der Waals surface area contributed by atoms with Gasteiger partial charge in [0.2, 0.25) is 0 Å². The summed E-state index contributed by atoms with van der Waals surface area (Å²) in [6, 6.07) is 9.92. The van der Waals surface area contributed by atoms with Crippen molar-refractivity contribution in [1.29, 1.82) is 0 Å². The Kier molecular flexibility index (Phi) is 3.56. The molecule has 0 fully saturated rings. The van der Waals surface area contributed by atoms with Gasteiger partial charge in [-0.1, -0.05) is 24.3 Å². The summed E-state index contributed by atoms with van der Waals surface area (Å²) in [6.07, 6.45) is 1.42. The van der Waals surface area contributed by atoms with E-state index in [2.05, 4.69) is 4.98 Å². The molecule has 1 heterocycles. The van der Waals surface area contributed by atoms with Crippen molar-refractivity contribution < 1.29 is 19.4 Å². The van der Waals surface area contributed by atoms with Crippen molar-refractivity contribution >= 4 is 11.9 Å². The highest BCUT2D eigenvalue weighted by Crippen LogP contribution is 2.23. The van der Waals surface area contributed by atoms with Crippen molar-refractivity contribution in [2.75, 3.05) is 7.11 Å². The van der Waals surface area contributed by atoms with Crippen LogP contribution in [-0.2, 0) is 4.74 Å². The molecule has 0 saturated carbocycles. The highest BCUT2D eigenvalue weighted by Gasteiger charge is 2.13. The van der Waals surface area contributed by atoms with E-state index in [1.165, 1.54) is 19.4 Å². The number of carbonyl (C=O) groups is 2. The van der Waals surface area contributed by atoms with E-state index in [0.717, 1.165) is 0 Å². The lowest BCUT2D eigenvalue weighted by molar-refractivity contribution is 0.0600. The maximum Gasteiger partial charge on any atom is 0.354 e. The lowest BCUT2D eigenvalue weighted by Gasteiger charge is -2.07. The average Bonchev–Trinajstić information content (AvgIpc) is 2.46. The predicted octanol–water partition coefficient (Wildman–Crippen LogP) is 2.23. The first kappa shape index (κ1) is 12.8. The summed E-state index contributed by atoms with van der Waals surface area (Å²) in [6.45, 7) is 0. The summed E-state index contributed by atoms with van der Waals surface area (Å²) in [5, 5.41) is 8.79. The molecule has 1 N–H and O–H groups in total. The molecule has 0 unspecified atom stereocenters. The SMILES string of the molecule is COC(=O)c1ccccc1-c1ccc(C(=O)O)nc1. The van der Waals surface area contributed by atoms with Gasteiger partial charge >= 0.3 is 11.9 Å². The van der Waals surface area contributed by atoms with E-state index < -0.39 is 11.9 Å². The Morgan fingerprint density at radius 2 is 1.89 bits per heavy atom. The second-order valence-electron chi connectivity index (χ2n) is 3.77. The highest BCUT2D eigenvalue weighted by molar-refractivity contribution is 5.97. The summed E-state index contributed by atoms with van der Waals surface area (Å²) in [5.74, 6) is -1.54. The number of aromatic nitrogens is 1. The van der Waals surface area contributed by atoms with Gasteiger partial charge in [-0.25, -0.2) is 14.6 Å². The van der Waals surface area contributed by atoms with Gasteiger partial charge in [0.05, 0.1) is 12.7 Å². The number of methoxy groups -OCH3 is 1. The molecule has 0 atom stereocenters. The molecule has 96 valence electrons. The molecule has 5 nitrogen and oxygen atoms in total. The first-order valence-electron chi connectivity index (χ1n) is 5.50. The molecule has 1 aromatic heterocycles. The minimum atomic E-state index is -1.09. The molecule has 2 rings (SSSR count). The number of pyridine rings is 1. The molecule has 0 radical (unpaired) electrons. The summed E-state index contributed by atoms with van der Waals surface area (Å²) in [5.41, 5.74) is 1.68. The van der Waals surface area contributed by atoms with E-state index in [-0.39, 0.29) is 5.69 Å². The number of hydrogen-bond donors (Lipinski definition) is 1. The van der Waals surface area contributed by atoms with Crippen LogP contribution in [0.5, 0.6) is 0 Å². The molecule has 0 aliphatic rings. The van der Waals surface area contributed by atoms with Gasteiger partial charge < -0.3 is 9.84 Å². The number of carboxylic acids is 1. The van der Waals surface area contributed by atoms with Crippen LogP contribution in [0.3, 0.4) is 0 Å². The maximum absolute atomic E-state index is 11.6. The fraction of sp³-hybridized carbons (Fsp3) is 0.0714. The number of benzene rings is 1. The molecule has 1 aromatic carbocycles. The summed E-state index contributed by atoms with van der Waals surface area (Å²) < 4.78 is 4.71. The number of nitrogens with zero attached hydrogens (tertiary/aromatic N) is 1. The molecular weight excluding hydrogens is 246 g/mol. The van der Waals surface area contributed by atoms with Crippen LogP contribution >= 0.6 is 0 Å². The molecule has 0 bridgehead atoms. The Morgan fingerprint density at radius 3 is 2.47 bits per heavy atom. The number of aromatic carboxylic acids is 1. The Balaban J connectivity index is 2.47. The number of hydrogen-bond acceptors (Lipinski definition) is 4. The smallest absolute Gasteiger partial charge is 0.354 e. The Hall–Kier alpha value is -2.69. The summed E-state index contributed by atoms with van der Waals surface area (Å²) in [7, 11) is 1.31. The molecule has 2 aromatic rings. The van der Waals surface area contributed by atoms with Crippen molar-refractivity contribution in [2.45, 2.75) is 0 Å². The number of carbonyl (C=O) groups excluding carboxylic acids is 1. The second kappa shape index (κ2) is 5.30. The fourth-order valence-electron chi connectivity index (χ4n) is 1.70. The van der Waals surface area contributed by atoms with Crippen LogP contribution in [0, 0.1) is 0 Å². The number of carboxylic acid groups (broad SMARTS) is 1. The van der Waals surface area contributed by atoms with Crippen LogP contribution in [0.2, 0.25) is 0 Å². The van der Waals surface area contributed by atoms with Crippen LogP contribution in [0.1, 0.15) is 20.8 Å². The predicted molar refractivity (Wildman–Crippen MR) is 68.0 cm³/mol. The highest BCUT2D eigenvalue weighted by atomic mass is 16.5. The van der Waals surface area contributed by atoms with Crippen molar-refractivity contribution in [3.05, 3.63) is 53.9 Å². The third-order valence-electron chi connectivity index (χ3n) is 2.63. The Bertz CT molecular complexity index is 620. The van der Waals surface area contributed by atoms with Crippen molar-refractivity contribution in [3.8, 4) is 11.1 Å². The largest absolute Gasteiger partial charge is 0.477 e. The maximum atomic E-state index is 11.6. The molecule has 19 heavy (non-hydrogen) atoms. The zero-order valence-electron chi connectivity index (χ0n) is 10.2. The molecule has 0 spiro atoms. The quantitative estimate of drug-likeness (QED) is 0.853. The number of ether oxygens (including phenoxy) is 1. The van der Waals surface area contributed by atoms with Crippen LogP contribution in [-0.4, -0.2) is 29.1 Å². The molecule has 0 amide bonds. The molecular formula is C14H11NO4. The summed E-state index contributed by atoms with van der Waals surface area (Å²) >= 11 is 0. The number of esters is 1. The van der Waals surface area contributed by atoms with Gasteiger partial charge in [-0.05, 0) is 17.7 Å². The molecule has 5 heteroatoms. The molecule has 0 aliphatic heterocycles. The van der Waals surface area contributed by atoms with E-state index in [0.29, 0.717) is 16.7 Å². The van der Waals surface area contributed by atoms with Gasteiger partial charge in [0.1, 0.15) is 5.69 Å². The minimum Gasteiger partial charge on any atom is -0.477 e. The average molecular weight is 257 g/mol. The number of rotatable bonds is 3. The fourth-order valence-corrected chi connectivity index (χ4v) is 1.70. The molecule has 0 saturated heterocycles. The van der Waals surface area contributed by atoms with Crippen LogP contribution in [0.25, 0.3) is 11.1 Å². The lowest BCUT2D eigenvalue weighted by Crippen LogP contribution is -2.04. The van der Waals surface area contributed by atoms with Gasteiger partial charge in [-0.3, -0.25) is 0 Å². The van der Waals surface area contributed by atoms with Crippen molar-refractivity contribution in [3.63, 3.8) is 0 Å². The normalized spacial score (nSPS) is 9.95. The van der Waals surface area contributed by atoms with E-state index in [9.17, 15) is 9.59 Å². The Labute approximate surface area is 109 Å². The molecule has 0 aliphatic carbocycles. The second-order valence-corrected chi connectivity index (χ2v) is 3.77. The van der Waals surface area contributed by atoms with Gasteiger partial charge in [0.15, 0.2) is 0 Å². The third kappa shape index (κ3) is 2.60. The minimum absolute atomic E-state index is 0.0423. The van der Waals surface area contributed by atoms with Crippen molar-refractivity contribution in [2.24, 2.45) is 0 Å². The standard InChI is InChI=1S/C14H11NO4/c1-19-14(18)11-5-3-2-4-10(11)9-6-7-12(13(16)17)15-8-9/h2-8H,1H3,(H,16,17). The summed E-state index contributed by atoms with van der Waals surface area (Å²) in [4.78, 5) is 26.2. The van der Waals surface area contributed by atoms with E-state index in [1.807, 2.05) is 0 Å². The van der Waals surface area contributed by atoms with Crippen LogP contribution in [0.4, 0.5) is 0 Å². The Morgan fingerprint density at radius 1 is 1.16 bits per heavy atom. The first-order valence-corrected chi connectivity index (χ1v) is 5.50. The first-order chi connectivity index (χ1) is 9.13. The zero-order chi connectivity index (χ0) is 13.8. The van der Waals surface area contributed by atoms with Crippen LogP contribution in [0.15, 0.2) is 42.6 Å². The van der Waals surface area contributed by atoms with E-state index >= 15 is 0 Å². The van der Waals surface area contributed by atoms with Gasteiger partial charge in [0.25, 0.3) is 0 Å². The topological polar surface area (TPSA) is 76.5 Å². The van der Waals surface area contributed by atoms with Crippen molar-refractivity contribution in [1.82, 2.24) is 4.98 Å². The third-order valence-corrected chi connectivity index (χ3v) is 2.63. The monoisotopic (exact) mass is 257 g/mol.